The number of aryl methyl sites for hydroxylation is 1. The van der Waals surface area contributed by atoms with E-state index in [1.54, 1.807) is 19.1 Å². The lowest BCUT2D eigenvalue weighted by Crippen LogP contribution is -2.11. The molecular weight excluding hydrogens is 232 g/mol. The molecule has 0 aliphatic heterocycles. The average Bonchev–Trinajstić information content (AvgIpc) is 2.36. The Bertz CT molecular complexity index is 612. The van der Waals surface area contributed by atoms with Crippen LogP contribution >= 0.6 is 0 Å². The Kier molecular flexibility index (Phi) is 3.77. The molecule has 0 N–H and O–H groups in total. The van der Waals surface area contributed by atoms with Crippen LogP contribution in [0.3, 0.4) is 0 Å². The third-order valence-electron chi connectivity index (χ3n) is 2.62. The molecule has 1 heterocycles. The van der Waals surface area contributed by atoms with Gasteiger partial charge in [-0.2, -0.15) is 0 Å². The SMILES string of the molecule is CCOC(=O)CCc1cc2ccccc2oc1=O. The average molecular weight is 246 g/mol. The first-order valence-electron chi connectivity index (χ1n) is 5.88. The lowest BCUT2D eigenvalue weighted by molar-refractivity contribution is -0.143. The number of carbonyl (C=O) groups is 1. The van der Waals surface area contributed by atoms with E-state index in [4.69, 9.17) is 9.15 Å². The molecule has 0 aliphatic rings. The van der Waals surface area contributed by atoms with Crippen molar-refractivity contribution in [3.8, 4) is 0 Å². The van der Waals surface area contributed by atoms with E-state index in [0.717, 1.165) is 5.39 Å². The van der Waals surface area contributed by atoms with Gasteiger partial charge in [-0.3, -0.25) is 4.79 Å². The van der Waals surface area contributed by atoms with Crippen molar-refractivity contribution in [2.24, 2.45) is 0 Å². The number of hydrogen-bond donors (Lipinski definition) is 0. The monoisotopic (exact) mass is 246 g/mol. The molecule has 0 bridgehead atoms. The van der Waals surface area contributed by atoms with Gasteiger partial charge in [0.1, 0.15) is 5.58 Å². The van der Waals surface area contributed by atoms with Gasteiger partial charge < -0.3 is 9.15 Å². The summed E-state index contributed by atoms with van der Waals surface area (Å²) in [4.78, 5) is 22.9. The second-order valence-electron chi connectivity index (χ2n) is 3.90. The normalized spacial score (nSPS) is 10.5. The van der Waals surface area contributed by atoms with Crippen molar-refractivity contribution in [3.05, 3.63) is 46.3 Å². The number of benzene rings is 1. The van der Waals surface area contributed by atoms with E-state index in [1.165, 1.54) is 0 Å². The highest BCUT2D eigenvalue weighted by Crippen LogP contribution is 2.13. The molecule has 18 heavy (non-hydrogen) atoms. The fourth-order valence-electron chi connectivity index (χ4n) is 1.75. The van der Waals surface area contributed by atoms with E-state index in [9.17, 15) is 9.59 Å². The third-order valence-corrected chi connectivity index (χ3v) is 2.62. The Morgan fingerprint density at radius 3 is 2.89 bits per heavy atom. The van der Waals surface area contributed by atoms with Crippen LogP contribution in [0.5, 0.6) is 0 Å². The summed E-state index contributed by atoms with van der Waals surface area (Å²) in [5.74, 6) is -0.301. The van der Waals surface area contributed by atoms with Crippen molar-refractivity contribution in [1.82, 2.24) is 0 Å². The zero-order chi connectivity index (χ0) is 13.0. The Hall–Kier alpha value is -2.10. The fourth-order valence-corrected chi connectivity index (χ4v) is 1.75. The molecule has 0 spiro atoms. The molecule has 4 nitrogen and oxygen atoms in total. The number of esters is 1. The van der Waals surface area contributed by atoms with Crippen LogP contribution in [0.15, 0.2) is 39.5 Å². The summed E-state index contributed by atoms with van der Waals surface area (Å²) in [6.07, 6.45) is 0.531. The van der Waals surface area contributed by atoms with Gasteiger partial charge in [0.15, 0.2) is 0 Å². The van der Waals surface area contributed by atoms with Gasteiger partial charge in [0.05, 0.1) is 6.61 Å². The minimum absolute atomic E-state index is 0.191. The number of ether oxygens (including phenoxy) is 1. The topological polar surface area (TPSA) is 56.5 Å². The van der Waals surface area contributed by atoms with Crippen molar-refractivity contribution in [1.29, 1.82) is 0 Å². The predicted molar refractivity (Wildman–Crippen MR) is 67.4 cm³/mol. The Morgan fingerprint density at radius 1 is 1.33 bits per heavy atom. The van der Waals surface area contributed by atoms with Crippen molar-refractivity contribution >= 4 is 16.9 Å². The Morgan fingerprint density at radius 2 is 2.11 bits per heavy atom. The maximum absolute atomic E-state index is 11.7. The summed E-state index contributed by atoms with van der Waals surface area (Å²) in [6.45, 7) is 2.10. The summed E-state index contributed by atoms with van der Waals surface area (Å²) < 4.78 is 10.00. The number of rotatable bonds is 4. The highest BCUT2D eigenvalue weighted by Gasteiger charge is 2.08. The second kappa shape index (κ2) is 5.49. The Labute approximate surface area is 104 Å². The summed E-state index contributed by atoms with van der Waals surface area (Å²) in [6, 6.07) is 9.05. The largest absolute Gasteiger partial charge is 0.466 e. The van der Waals surface area contributed by atoms with Crippen LogP contribution in [0.4, 0.5) is 0 Å². The summed E-state index contributed by atoms with van der Waals surface area (Å²) >= 11 is 0. The third kappa shape index (κ3) is 2.77. The molecule has 0 saturated carbocycles. The van der Waals surface area contributed by atoms with Gasteiger partial charge in [0, 0.05) is 17.4 Å². The minimum atomic E-state index is -0.391. The molecule has 0 atom stereocenters. The number of fused-ring (bicyclic) bond motifs is 1. The molecule has 0 radical (unpaired) electrons. The molecule has 4 heteroatoms. The van der Waals surface area contributed by atoms with E-state index in [1.807, 2.05) is 18.2 Å². The van der Waals surface area contributed by atoms with Gasteiger partial charge in [-0.15, -0.1) is 0 Å². The summed E-state index contributed by atoms with van der Waals surface area (Å²) in [5.41, 5.74) is 0.669. The molecule has 2 rings (SSSR count). The van der Waals surface area contributed by atoms with Crippen LogP contribution in [0.25, 0.3) is 11.0 Å². The van der Waals surface area contributed by atoms with Crippen LogP contribution in [0, 0.1) is 0 Å². The molecule has 1 aromatic carbocycles. The summed E-state index contributed by atoms with van der Waals surface area (Å²) in [7, 11) is 0. The van der Waals surface area contributed by atoms with Gasteiger partial charge in [0.25, 0.3) is 0 Å². The molecule has 0 saturated heterocycles. The van der Waals surface area contributed by atoms with E-state index in [-0.39, 0.29) is 12.4 Å². The molecule has 0 aliphatic carbocycles. The highest BCUT2D eigenvalue weighted by atomic mass is 16.5. The maximum Gasteiger partial charge on any atom is 0.339 e. The van der Waals surface area contributed by atoms with E-state index >= 15 is 0 Å². The molecule has 2 aromatic rings. The van der Waals surface area contributed by atoms with Gasteiger partial charge in [-0.05, 0) is 25.5 Å². The standard InChI is InChI=1S/C14H14O4/c1-2-17-13(15)8-7-11-9-10-5-3-4-6-12(10)18-14(11)16/h3-6,9H,2,7-8H2,1H3. The van der Waals surface area contributed by atoms with E-state index in [2.05, 4.69) is 0 Å². The van der Waals surface area contributed by atoms with Crippen molar-refractivity contribution in [2.45, 2.75) is 19.8 Å². The van der Waals surface area contributed by atoms with Crippen LogP contribution in [0.2, 0.25) is 0 Å². The van der Waals surface area contributed by atoms with Crippen molar-refractivity contribution in [2.75, 3.05) is 6.61 Å². The zero-order valence-electron chi connectivity index (χ0n) is 10.1. The van der Waals surface area contributed by atoms with Gasteiger partial charge in [-0.1, -0.05) is 18.2 Å². The summed E-state index contributed by atoms with van der Waals surface area (Å²) in [5, 5.41) is 0.857. The first-order chi connectivity index (χ1) is 8.70. The maximum atomic E-state index is 11.7. The molecular formula is C14H14O4. The minimum Gasteiger partial charge on any atom is -0.466 e. The molecule has 0 unspecified atom stereocenters. The smallest absolute Gasteiger partial charge is 0.339 e. The number of para-hydroxylation sites is 1. The van der Waals surface area contributed by atoms with Gasteiger partial charge in [-0.25, -0.2) is 4.79 Å². The quantitative estimate of drug-likeness (QED) is 0.613. The molecule has 0 amide bonds. The lowest BCUT2D eigenvalue weighted by Gasteiger charge is -2.02. The van der Waals surface area contributed by atoms with E-state index < -0.39 is 5.63 Å². The number of hydrogen-bond acceptors (Lipinski definition) is 4. The van der Waals surface area contributed by atoms with Crippen LogP contribution in [0.1, 0.15) is 18.9 Å². The lowest BCUT2D eigenvalue weighted by atomic mass is 10.1. The van der Waals surface area contributed by atoms with Crippen LogP contribution in [-0.2, 0) is 16.0 Å². The zero-order valence-corrected chi connectivity index (χ0v) is 10.1. The second-order valence-corrected chi connectivity index (χ2v) is 3.90. The van der Waals surface area contributed by atoms with Crippen molar-refractivity contribution in [3.63, 3.8) is 0 Å². The van der Waals surface area contributed by atoms with Crippen LogP contribution in [-0.4, -0.2) is 12.6 Å². The van der Waals surface area contributed by atoms with Crippen LogP contribution < -0.4 is 5.63 Å². The number of carbonyl (C=O) groups excluding carboxylic acids is 1. The van der Waals surface area contributed by atoms with Gasteiger partial charge >= 0.3 is 11.6 Å². The van der Waals surface area contributed by atoms with E-state index in [0.29, 0.717) is 24.2 Å². The fraction of sp³-hybridized carbons (Fsp3) is 0.286. The predicted octanol–water partition coefficient (Wildman–Crippen LogP) is 2.29. The van der Waals surface area contributed by atoms with Crippen molar-refractivity contribution < 1.29 is 13.9 Å². The first kappa shape index (κ1) is 12.4. The highest BCUT2D eigenvalue weighted by molar-refractivity contribution is 5.77. The Balaban J connectivity index is 2.20. The molecule has 0 fully saturated rings. The molecule has 94 valence electrons. The molecule has 1 aromatic heterocycles. The van der Waals surface area contributed by atoms with Gasteiger partial charge in [0.2, 0.25) is 0 Å². The first-order valence-corrected chi connectivity index (χ1v) is 5.88.